The molecule has 7 heteroatoms. The Kier molecular flexibility index (Phi) is 4.39. The Hall–Kier alpha value is -1.89. The fraction of sp³-hybridized carbons (Fsp3) is 0.615. The number of aliphatic imine (C=N–C) groups is 1. The van der Waals surface area contributed by atoms with Crippen molar-refractivity contribution in [1.29, 1.82) is 0 Å². The fourth-order valence-electron chi connectivity index (χ4n) is 2.29. The molecule has 1 aliphatic rings. The van der Waals surface area contributed by atoms with Gasteiger partial charge in [0.1, 0.15) is 11.5 Å². The van der Waals surface area contributed by atoms with Crippen molar-refractivity contribution in [1.82, 2.24) is 14.7 Å². The number of nitrogens with zero attached hydrogens (tertiary/aromatic N) is 4. The van der Waals surface area contributed by atoms with Crippen LogP contribution in [-0.2, 0) is 16.5 Å². The largest absolute Gasteiger partial charge is 0.464 e. The minimum atomic E-state index is -0.438. The molecule has 0 unspecified atom stereocenters. The van der Waals surface area contributed by atoms with Crippen molar-refractivity contribution in [3.05, 3.63) is 11.9 Å². The maximum atomic E-state index is 11.8. The second-order valence-corrected chi connectivity index (χ2v) is 4.77. The van der Waals surface area contributed by atoms with Crippen LogP contribution >= 0.6 is 0 Å². The molecule has 2 heterocycles. The van der Waals surface area contributed by atoms with E-state index >= 15 is 0 Å². The van der Waals surface area contributed by atoms with Crippen LogP contribution < -0.4 is 0 Å². The van der Waals surface area contributed by atoms with Gasteiger partial charge in [0.25, 0.3) is 0 Å². The Labute approximate surface area is 118 Å². The third-order valence-electron chi connectivity index (χ3n) is 3.36. The molecule has 110 valence electrons. The summed E-state index contributed by atoms with van der Waals surface area (Å²) in [5.41, 5.74) is 0.878. The molecular weight excluding hydrogens is 260 g/mol. The zero-order valence-electron chi connectivity index (χ0n) is 12.3. The van der Waals surface area contributed by atoms with Crippen LogP contribution in [0.2, 0.25) is 0 Å². The van der Waals surface area contributed by atoms with Gasteiger partial charge >= 0.3 is 5.97 Å². The highest BCUT2D eigenvalue weighted by Gasteiger charge is 2.22. The van der Waals surface area contributed by atoms with Gasteiger partial charge in [-0.15, -0.1) is 0 Å². The number of morpholine rings is 1. The van der Waals surface area contributed by atoms with Crippen molar-refractivity contribution in [2.24, 2.45) is 12.0 Å². The van der Waals surface area contributed by atoms with Gasteiger partial charge in [0.15, 0.2) is 5.69 Å². The molecule has 7 nitrogen and oxygen atoms in total. The highest BCUT2D eigenvalue weighted by atomic mass is 16.5. The van der Waals surface area contributed by atoms with Crippen LogP contribution in [0.5, 0.6) is 0 Å². The summed E-state index contributed by atoms with van der Waals surface area (Å²) < 4.78 is 11.6. The Balaban J connectivity index is 2.28. The molecule has 0 aromatic carbocycles. The molecule has 0 spiro atoms. The van der Waals surface area contributed by atoms with Crippen LogP contribution in [0.25, 0.3) is 0 Å². The number of esters is 1. The summed E-state index contributed by atoms with van der Waals surface area (Å²) >= 11 is 0. The summed E-state index contributed by atoms with van der Waals surface area (Å²) in [6.45, 7) is 6.18. The summed E-state index contributed by atoms with van der Waals surface area (Å²) in [5, 5.41) is 4.07. The molecule has 1 saturated heterocycles. The SMILES string of the molecule is COC(=O)c1c(N=C(C)N2CCOC[C@H]2C)cnn1C. The average molecular weight is 280 g/mol. The molecule has 0 aliphatic carbocycles. The maximum absolute atomic E-state index is 11.8. The van der Waals surface area contributed by atoms with E-state index in [0.29, 0.717) is 24.6 Å². The van der Waals surface area contributed by atoms with E-state index in [1.54, 1.807) is 13.2 Å². The van der Waals surface area contributed by atoms with Gasteiger partial charge in [-0.05, 0) is 13.8 Å². The number of hydrogen-bond acceptors (Lipinski definition) is 5. The topological polar surface area (TPSA) is 68.9 Å². The summed E-state index contributed by atoms with van der Waals surface area (Å²) in [6.07, 6.45) is 1.57. The first-order valence-electron chi connectivity index (χ1n) is 6.54. The van der Waals surface area contributed by atoms with Gasteiger partial charge < -0.3 is 14.4 Å². The van der Waals surface area contributed by atoms with E-state index in [4.69, 9.17) is 9.47 Å². The lowest BCUT2D eigenvalue weighted by Gasteiger charge is -2.34. The number of ether oxygens (including phenoxy) is 2. The van der Waals surface area contributed by atoms with Crippen LogP contribution in [0.4, 0.5) is 5.69 Å². The van der Waals surface area contributed by atoms with Gasteiger partial charge in [0.2, 0.25) is 0 Å². The molecule has 1 atom stereocenters. The van der Waals surface area contributed by atoms with Gasteiger partial charge in [-0.2, -0.15) is 5.10 Å². The maximum Gasteiger partial charge on any atom is 0.358 e. The molecule has 0 saturated carbocycles. The molecule has 1 fully saturated rings. The van der Waals surface area contributed by atoms with E-state index in [2.05, 4.69) is 21.9 Å². The Morgan fingerprint density at radius 1 is 1.60 bits per heavy atom. The van der Waals surface area contributed by atoms with E-state index in [1.165, 1.54) is 11.8 Å². The van der Waals surface area contributed by atoms with Crippen molar-refractivity contribution < 1.29 is 14.3 Å². The standard InChI is InChI=1S/C13H20N4O3/c1-9-8-20-6-5-17(9)10(2)15-11-7-14-16(3)12(11)13(18)19-4/h7,9H,5-6,8H2,1-4H3/t9-/m1/s1. The Morgan fingerprint density at radius 3 is 3.00 bits per heavy atom. The summed E-state index contributed by atoms with van der Waals surface area (Å²) in [5.74, 6) is 0.408. The molecule has 0 bridgehead atoms. The van der Waals surface area contributed by atoms with E-state index < -0.39 is 5.97 Å². The smallest absolute Gasteiger partial charge is 0.358 e. The van der Waals surface area contributed by atoms with Crippen LogP contribution in [0.1, 0.15) is 24.3 Å². The van der Waals surface area contributed by atoms with Crippen molar-refractivity contribution in [2.75, 3.05) is 26.9 Å². The van der Waals surface area contributed by atoms with E-state index in [-0.39, 0.29) is 6.04 Å². The number of carbonyl (C=O) groups excluding carboxylic acids is 1. The molecule has 0 amide bonds. The summed E-state index contributed by atoms with van der Waals surface area (Å²) in [6, 6.07) is 0.269. The zero-order chi connectivity index (χ0) is 14.7. The van der Waals surface area contributed by atoms with E-state index in [1.807, 2.05) is 6.92 Å². The highest BCUT2D eigenvalue weighted by Crippen LogP contribution is 2.20. The van der Waals surface area contributed by atoms with Crippen molar-refractivity contribution in [3.8, 4) is 0 Å². The number of methoxy groups -OCH3 is 1. The summed E-state index contributed by atoms with van der Waals surface area (Å²) in [4.78, 5) is 18.4. The molecular formula is C13H20N4O3. The van der Waals surface area contributed by atoms with Crippen molar-refractivity contribution in [2.45, 2.75) is 19.9 Å². The van der Waals surface area contributed by atoms with Gasteiger partial charge in [-0.3, -0.25) is 4.68 Å². The quantitative estimate of drug-likeness (QED) is 0.459. The van der Waals surface area contributed by atoms with Gasteiger partial charge in [-0.25, -0.2) is 9.79 Å². The number of aryl methyl sites for hydroxylation is 1. The molecule has 20 heavy (non-hydrogen) atoms. The zero-order valence-corrected chi connectivity index (χ0v) is 12.3. The molecule has 1 aromatic rings. The van der Waals surface area contributed by atoms with Crippen LogP contribution in [0.3, 0.4) is 0 Å². The van der Waals surface area contributed by atoms with Crippen molar-refractivity contribution >= 4 is 17.5 Å². The minimum Gasteiger partial charge on any atom is -0.464 e. The third kappa shape index (κ3) is 2.82. The normalized spacial score (nSPS) is 20.1. The predicted molar refractivity (Wildman–Crippen MR) is 74.3 cm³/mol. The first-order valence-corrected chi connectivity index (χ1v) is 6.54. The number of amidine groups is 1. The van der Waals surface area contributed by atoms with Gasteiger partial charge in [0, 0.05) is 13.6 Å². The van der Waals surface area contributed by atoms with Gasteiger partial charge in [-0.1, -0.05) is 0 Å². The fourth-order valence-corrected chi connectivity index (χ4v) is 2.29. The number of rotatable bonds is 2. The first-order chi connectivity index (χ1) is 9.54. The van der Waals surface area contributed by atoms with Crippen LogP contribution in [-0.4, -0.2) is 59.4 Å². The molecule has 1 aliphatic heterocycles. The van der Waals surface area contributed by atoms with E-state index in [0.717, 1.165) is 12.4 Å². The highest BCUT2D eigenvalue weighted by molar-refractivity contribution is 5.94. The molecule has 2 rings (SSSR count). The number of carbonyl (C=O) groups is 1. The second-order valence-electron chi connectivity index (χ2n) is 4.77. The van der Waals surface area contributed by atoms with E-state index in [9.17, 15) is 4.79 Å². The Bertz CT molecular complexity index is 524. The molecule has 0 radical (unpaired) electrons. The lowest BCUT2D eigenvalue weighted by atomic mass is 10.2. The first kappa shape index (κ1) is 14.5. The monoisotopic (exact) mass is 280 g/mol. The second kappa shape index (κ2) is 6.04. The van der Waals surface area contributed by atoms with Gasteiger partial charge in [0.05, 0.1) is 32.6 Å². The number of aromatic nitrogens is 2. The lowest BCUT2D eigenvalue weighted by Crippen LogP contribution is -2.46. The third-order valence-corrected chi connectivity index (χ3v) is 3.36. The average Bonchev–Trinajstić information content (AvgIpc) is 2.79. The number of hydrogen-bond donors (Lipinski definition) is 0. The minimum absolute atomic E-state index is 0.269. The molecule has 0 N–H and O–H groups in total. The predicted octanol–water partition coefficient (Wildman–Crippen LogP) is 0.977. The van der Waals surface area contributed by atoms with Crippen LogP contribution in [0.15, 0.2) is 11.2 Å². The lowest BCUT2D eigenvalue weighted by molar-refractivity contribution is 0.0330. The molecule has 1 aromatic heterocycles. The Morgan fingerprint density at radius 2 is 2.35 bits per heavy atom. The summed E-state index contributed by atoms with van der Waals surface area (Å²) in [7, 11) is 3.04. The van der Waals surface area contributed by atoms with Crippen molar-refractivity contribution in [3.63, 3.8) is 0 Å². The van der Waals surface area contributed by atoms with Crippen LogP contribution in [0, 0.1) is 0 Å².